The molecule has 0 aliphatic carbocycles. The first-order valence-electron chi connectivity index (χ1n) is 9.01. The second-order valence-corrected chi connectivity index (χ2v) is 6.51. The summed E-state index contributed by atoms with van der Waals surface area (Å²) in [5.74, 6) is -0.388. The fourth-order valence-corrected chi connectivity index (χ4v) is 2.89. The van der Waals surface area contributed by atoms with Gasteiger partial charge in [0.25, 0.3) is 11.6 Å². The van der Waals surface area contributed by atoms with E-state index in [1.807, 2.05) is 0 Å². The van der Waals surface area contributed by atoms with E-state index in [1.54, 1.807) is 18.2 Å². The summed E-state index contributed by atoms with van der Waals surface area (Å²) in [6, 6.07) is 8.31. The van der Waals surface area contributed by atoms with Gasteiger partial charge in [-0.2, -0.15) is 13.2 Å². The molecule has 1 saturated heterocycles. The lowest BCUT2D eigenvalue weighted by molar-refractivity contribution is -0.384. The summed E-state index contributed by atoms with van der Waals surface area (Å²) in [4.78, 5) is 22.7. The number of rotatable bonds is 7. The van der Waals surface area contributed by atoms with Crippen molar-refractivity contribution in [3.63, 3.8) is 0 Å². The molecular weight excluding hydrogens is 407 g/mol. The third-order valence-corrected chi connectivity index (χ3v) is 4.41. The van der Waals surface area contributed by atoms with E-state index < -0.39 is 28.3 Å². The van der Waals surface area contributed by atoms with Crippen molar-refractivity contribution in [1.29, 1.82) is 0 Å². The number of hydrazine groups is 1. The first-order valence-corrected chi connectivity index (χ1v) is 9.01. The minimum absolute atomic E-state index is 0.0611. The van der Waals surface area contributed by atoms with Crippen LogP contribution in [0.25, 0.3) is 0 Å². The van der Waals surface area contributed by atoms with Crippen LogP contribution >= 0.6 is 0 Å². The maximum absolute atomic E-state index is 12.8. The Bertz CT molecular complexity index is 930. The lowest BCUT2D eigenvalue weighted by atomic mass is 10.1. The Kier molecular flexibility index (Phi) is 6.40. The van der Waals surface area contributed by atoms with E-state index in [0.717, 1.165) is 18.9 Å². The molecular formula is C19H18F3N3O5. The largest absolute Gasteiger partial charge is 0.490 e. The molecule has 1 unspecified atom stereocenters. The molecule has 0 saturated carbocycles. The number of nitro groups is 1. The number of hydrogen-bond acceptors (Lipinski definition) is 6. The summed E-state index contributed by atoms with van der Waals surface area (Å²) in [7, 11) is 0. The zero-order chi connectivity index (χ0) is 21.7. The van der Waals surface area contributed by atoms with Crippen LogP contribution in [0.3, 0.4) is 0 Å². The minimum Gasteiger partial charge on any atom is -0.490 e. The first-order chi connectivity index (χ1) is 14.3. The molecule has 30 heavy (non-hydrogen) atoms. The molecule has 1 fully saturated rings. The van der Waals surface area contributed by atoms with Crippen molar-refractivity contribution in [3.8, 4) is 5.75 Å². The fraction of sp³-hybridized carbons (Fsp3) is 0.316. The number of ether oxygens (including phenoxy) is 2. The van der Waals surface area contributed by atoms with Gasteiger partial charge in [0.15, 0.2) is 0 Å². The van der Waals surface area contributed by atoms with Gasteiger partial charge in [0, 0.05) is 12.7 Å². The fourth-order valence-electron chi connectivity index (χ4n) is 2.89. The molecule has 1 atom stereocenters. The van der Waals surface area contributed by atoms with Gasteiger partial charge in [-0.25, -0.2) is 0 Å². The molecule has 1 aliphatic heterocycles. The normalized spacial score (nSPS) is 16.2. The Balaban J connectivity index is 1.70. The van der Waals surface area contributed by atoms with E-state index in [0.29, 0.717) is 18.7 Å². The van der Waals surface area contributed by atoms with Crippen molar-refractivity contribution in [2.24, 2.45) is 0 Å². The SMILES string of the molecule is O=C(NNc1ccc(C(F)(F)F)cc1[N+](=O)[O-])c1ccccc1OCC1CCCO1. The lowest BCUT2D eigenvalue weighted by Crippen LogP contribution is -2.30. The van der Waals surface area contributed by atoms with Crippen LogP contribution in [0.1, 0.15) is 28.8 Å². The number of anilines is 1. The summed E-state index contributed by atoms with van der Waals surface area (Å²) in [6.07, 6.45) is -3.00. The second-order valence-electron chi connectivity index (χ2n) is 6.51. The summed E-state index contributed by atoms with van der Waals surface area (Å²) >= 11 is 0. The number of amides is 1. The molecule has 0 aromatic heterocycles. The Morgan fingerprint density at radius 1 is 1.27 bits per heavy atom. The number of carbonyl (C=O) groups is 1. The topological polar surface area (TPSA) is 103 Å². The number of nitrogens with one attached hydrogen (secondary N) is 2. The number of para-hydroxylation sites is 1. The zero-order valence-corrected chi connectivity index (χ0v) is 15.6. The van der Waals surface area contributed by atoms with Crippen molar-refractivity contribution in [1.82, 2.24) is 5.43 Å². The number of nitrogens with zero attached hydrogens (tertiary/aromatic N) is 1. The average molecular weight is 425 g/mol. The molecule has 1 heterocycles. The van der Waals surface area contributed by atoms with Crippen molar-refractivity contribution in [2.45, 2.75) is 25.1 Å². The van der Waals surface area contributed by atoms with Gasteiger partial charge in [-0.15, -0.1) is 0 Å². The van der Waals surface area contributed by atoms with Gasteiger partial charge in [0.05, 0.1) is 22.2 Å². The molecule has 2 aromatic carbocycles. The van der Waals surface area contributed by atoms with Gasteiger partial charge < -0.3 is 9.47 Å². The van der Waals surface area contributed by atoms with Gasteiger partial charge in [-0.1, -0.05) is 12.1 Å². The minimum atomic E-state index is -4.73. The number of alkyl halides is 3. The molecule has 1 amide bonds. The van der Waals surface area contributed by atoms with Crippen LogP contribution < -0.4 is 15.6 Å². The third kappa shape index (κ3) is 5.17. The van der Waals surface area contributed by atoms with Crippen molar-refractivity contribution >= 4 is 17.3 Å². The highest BCUT2D eigenvalue weighted by Crippen LogP contribution is 2.34. The predicted octanol–water partition coefficient (Wildman–Crippen LogP) is 3.93. The molecule has 11 heteroatoms. The van der Waals surface area contributed by atoms with E-state index >= 15 is 0 Å². The van der Waals surface area contributed by atoms with Gasteiger partial charge in [0.2, 0.25) is 0 Å². The van der Waals surface area contributed by atoms with Crippen LogP contribution in [0.5, 0.6) is 5.75 Å². The summed E-state index contributed by atoms with van der Waals surface area (Å²) in [5, 5.41) is 11.1. The van der Waals surface area contributed by atoms with Crippen LogP contribution in [0.15, 0.2) is 42.5 Å². The number of hydrogen-bond donors (Lipinski definition) is 2. The number of halogens is 3. The standard InChI is InChI=1S/C19H18F3N3O5/c20-19(21,22)12-7-8-15(16(10-12)25(27)28)23-24-18(26)14-5-1-2-6-17(14)30-11-13-4-3-9-29-13/h1-2,5-8,10,13,23H,3-4,9,11H2,(H,24,26). The highest BCUT2D eigenvalue weighted by molar-refractivity contribution is 5.97. The molecule has 1 aliphatic rings. The predicted molar refractivity (Wildman–Crippen MR) is 100 cm³/mol. The third-order valence-electron chi connectivity index (χ3n) is 4.41. The molecule has 0 bridgehead atoms. The van der Waals surface area contributed by atoms with Crippen LogP contribution in [0.2, 0.25) is 0 Å². The van der Waals surface area contributed by atoms with Crippen LogP contribution in [-0.4, -0.2) is 30.1 Å². The molecule has 2 N–H and O–H groups in total. The molecule has 0 radical (unpaired) electrons. The number of nitro benzene ring substituents is 1. The average Bonchev–Trinajstić information content (AvgIpc) is 3.23. The van der Waals surface area contributed by atoms with Crippen molar-refractivity contribution in [3.05, 3.63) is 63.7 Å². The maximum Gasteiger partial charge on any atom is 0.416 e. The molecule has 160 valence electrons. The summed E-state index contributed by atoms with van der Waals surface area (Å²) in [5.41, 5.74) is 2.42. The van der Waals surface area contributed by atoms with Crippen LogP contribution in [-0.2, 0) is 10.9 Å². The molecule has 2 aromatic rings. The summed E-state index contributed by atoms with van der Waals surface area (Å²) in [6.45, 7) is 0.925. The quantitative estimate of drug-likeness (QED) is 0.515. The Morgan fingerprint density at radius 3 is 2.70 bits per heavy atom. The number of benzene rings is 2. The monoisotopic (exact) mass is 425 g/mol. The summed E-state index contributed by atoms with van der Waals surface area (Å²) < 4.78 is 49.5. The van der Waals surface area contributed by atoms with Gasteiger partial charge in [0.1, 0.15) is 18.0 Å². The van der Waals surface area contributed by atoms with E-state index in [2.05, 4.69) is 10.9 Å². The number of carbonyl (C=O) groups excluding carboxylic acids is 1. The Labute approximate surface area is 169 Å². The molecule has 8 nitrogen and oxygen atoms in total. The van der Waals surface area contributed by atoms with E-state index in [9.17, 15) is 28.1 Å². The van der Waals surface area contributed by atoms with Crippen LogP contribution in [0, 0.1) is 10.1 Å². The Hall–Kier alpha value is -3.34. The van der Waals surface area contributed by atoms with E-state index in [1.165, 1.54) is 6.07 Å². The lowest BCUT2D eigenvalue weighted by Gasteiger charge is -2.15. The van der Waals surface area contributed by atoms with Gasteiger partial charge >= 0.3 is 6.18 Å². The van der Waals surface area contributed by atoms with Crippen molar-refractivity contribution < 1.29 is 32.4 Å². The van der Waals surface area contributed by atoms with E-state index in [-0.39, 0.29) is 29.7 Å². The zero-order valence-electron chi connectivity index (χ0n) is 15.6. The highest BCUT2D eigenvalue weighted by Gasteiger charge is 2.33. The Morgan fingerprint density at radius 2 is 2.03 bits per heavy atom. The van der Waals surface area contributed by atoms with Crippen molar-refractivity contribution in [2.75, 3.05) is 18.6 Å². The molecule has 3 rings (SSSR count). The smallest absolute Gasteiger partial charge is 0.416 e. The molecule has 0 spiro atoms. The second kappa shape index (κ2) is 8.99. The van der Waals surface area contributed by atoms with Gasteiger partial charge in [-0.05, 0) is 37.1 Å². The van der Waals surface area contributed by atoms with Gasteiger partial charge in [-0.3, -0.25) is 25.8 Å². The van der Waals surface area contributed by atoms with E-state index in [4.69, 9.17) is 9.47 Å². The maximum atomic E-state index is 12.8. The first kappa shape index (κ1) is 21.4. The highest BCUT2D eigenvalue weighted by atomic mass is 19.4. The van der Waals surface area contributed by atoms with Crippen LogP contribution in [0.4, 0.5) is 24.5 Å².